The van der Waals surface area contributed by atoms with Gasteiger partial charge >= 0.3 is 0 Å². The lowest BCUT2D eigenvalue weighted by Gasteiger charge is -2.10. The van der Waals surface area contributed by atoms with Crippen LogP contribution in [0.4, 0.5) is 0 Å². The average Bonchev–Trinajstić information content (AvgIpc) is 2.47. The third-order valence-electron chi connectivity index (χ3n) is 3.75. The van der Waals surface area contributed by atoms with Crippen LogP contribution in [-0.2, 0) is 0 Å². The second-order valence-electron chi connectivity index (χ2n) is 5.18. The van der Waals surface area contributed by atoms with Crippen LogP contribution in [0.25, 0.3) is 0 Å². The molecule has 1 atom stereocenters. The topological polar surface area (TPSA) is 29.0 Å². The van der Waals surface area contributed by atoms with Gasteiger partial charge in [0.2, 0.25) is 0 Å². The quantitative estimate of drug-likeness (QED) is 0.700. The Hall–Kier alpha value is -0.660. The predicted octanol–water partition coefficient (Wildman–Crippen LogP) is 2.85. The van der Waals surface area contributed by atoms with Crippen LogP contribution in [0.5, 0.6) is 0 Å². The molecule has 1 fully saturated rings. The maximum atomic E-state index is 5.72. The van der Waals surface area contributed by atoms with Crippen molar-refractivity contribution < 1.29 is 0 Å². The van der Waals surface area contributed by atoms with Crippen molar-refractivity contribution in [1.29, 1.82) is 0 Å². The van der Waals surface area contributed by atoms with E-state index < -0.39 is 0 Å². The molecule has 2 heteroatoms. The van der Waals surface area contributed by atoms with Gasteiger partial charge in [-0.3, -0.25) is 0 Å². The molecule has 1 aliphatic rings. The summed E-state index contributed by atoms with van der Waals surface area (Å²) >= 11 is 0. The van der Waals surface area contributed by atoms with Gasteiger partial charge in [0, 0.05) is 11.9 Å². The third kappa shape index (κ3) is 1.62. The molecular weight excluding hydrogens is 172 g/mol. The lowest BCUT2D eigenvalue weighted by Crippen LogP contribution is -2.16. The summed E-state index contributed by atoms with van der Waals surface area (Å²) in [5.41, 5.74) is 7.23. The van der Waals surface area contributed by atoms with E-state index in [1.54, 1.807) is 0 Å². The number of rotatable bonds is 4. The number of nitrogens with two attached hydrogens (primary N) is 1. The second-order valence-corrected chi connectivity index (χ2v) is 5.18. The van der Waals surface area contributed by atoms with Gasteiger partial charge in [0.05, 0.1) is 11.1 Å². The molecule has 0 saturated carbocycles. The summed E-state index contributed by atoms with van der Waals surface area (Å²) in [6.07, 6.45) is 5.93. The minimum absolute atomic E-state index is 0.281. The molecule has 1 heterocycles. The smallest absolute Gasteiger partial charge is 0.0601 e. The van der Waals surface area contributed by atoms with Gasteiger partial charge < -0.3 is 10.6 Å². The van der Waals surface area contributed by atoms with Crippen molar-refractivity contribution in [2.24, 2.45) is 5.73 Å². The van der Waals surface area contributed by atoms with Crippen LogP contribution >= 0.6 is 0 Å². The highest BCUT2D eigenvalue weighted by Gasteiger charge is 2.63. The first kappa shape index (κ1) is 11.4. The Morgan fingerprint density at radius 1 is 1.36 bits per heavy atom. The Balaban J connectivity index is 2.68. The lowest BCUT2D eigenvalue weighted by molar-refractivity contribution is 0.476. The van der Waals surface area contributed by atoms with E-state index in [0.29, 0.717) is 5.54 Å². The minimum Gasteiger partial charge on any atom is -0.401 e. The van der Waals surface area contributed by atoms with Gasteiger partial charge in [0.15, 0.2) is 0 Å². The zero-order chi connectivity index (χ0) is 11.0. The molecule has 1 saturated heterocycles. The van der Waals surface area contributed by atoms with Gasteiger partial charge in [-0.05, 0) is 34.1 Å². The van der Waals surface area contributed by atoms with Crippen molar-refractivity contribution in [3.05, 3.63) is 11.9 Å². The third-order valence-corrected chi connectivity index (χ3v) is 3.75. The van der Waals surface area contributed by atoms with Gasteiger partial charge in [-0.2, -0.15) is 0 Å². The molecule has 0 aliphatic carbocycles. The first-order chi connectivity index (χ1) is 6.36. The number of hydrogen-bond donors (Lipinski definition) is 1. The number of unbranched alkanes of at least 4 members (excludes halogenated alkanes) is 1. The molecule has 2 nitrogen and oxygen atoms in total. The highest BCUT2D eigenvalue weighted by Crippen LogP contribution is 2.54. The van der Waals surface area contributed by atoms with Crippen molar-refractivity contribution in [3.63, 3.8) is 0 Å². The standard InChI is InChI=1S/C12H24N2/c1-6-7-8-12(5)11(3,4)14(12)9-10(2)13/h9H,6-8,13H2,1-5H3/b10-9-. The number of nitrogens with zero attached hydrogens (tertiary/aromatic N) is 1. The molecule has 0 amide bonds. The lowest BCUT2D eigenvalue weighted by atomic mass is 9.93. The molecule has 0 bridgehead atoms. The van der Waals surface area contributed by atoms with E-state index in [1.807, 2.05) is 6.92 Å². The molecule has 14 heavy (non-hydrogen) atoms. The summed E-state index contributed by atoms with van der Waals surface area (Å²) in [6, 6.07) is 0. The highest BCUT2D eigenvalue weighted by atomic mass is 15.4. The van der Waals surface area contributed by atoms with Crippen molar-refractivity contribution in [2.45, 2.75) is 65.0 Å². The fourth-order valence-corrected chi connectivity index (χ4v) is 2.31. The first-order valence-corrected chi connectivity index (χ1v) is 5.59. The first-order valence-electron chi connectivity index (χ1n) is 5.59. The molecule has 1 rings (SSSR count). The van der Waals surface area contributed by atoms with Crippen molar-refractivity contribution in [1.82, 2.24) is 4.90 Å². The van der Waals surface area contributed by atoms with E-state index in [0.717, 1.165) is 5.70 Å². The summed E-state index contributed by atoms with van der Waals surface area (Å²) < 4.78 is 0. The van der Waals surface area contributed by atoms with E-state index in [4.69, 9.17) is 5.73 Å². The number of allylic oxidation sites excluding steroid dienone is 1. The summed E-state index contributed by atoms with van der Waals surface area (Å²) in [6.45, 7) is 11.1. The fourth-order valence-electron chi connectivity index (χ4n) is 2.31. The highest BCUT2D eigenvalue weighted by molar-refractivity contribution is 5.26. The van der Waals surface area contributed by atoms with Crippen LogP contribution in [0.2, 0.25) is 0 Å². The molecule has 2 N–H and O–H groups in total. The molecular formula is C12H24N2. The summed E-state index contributed by atoms with van der Waals surface area (Å²) in [5, 5.41) is 0. The summed E-state index contributed by atoms with van der Waals surface area (Å²) in [4.78, 5) is 2.39. The second kappa shape index (κ2) is 3.48. The molecule has 82 valence electrons. The van der Waals surface area contributed by atoms with Crippen molar-refractivity contribution in [3.8, 4) is 0 Å². The fraction of sp³-hybridized carbons (Fsp3) is 0.833. The van der Waals surface area contributed by atoms with E-state index in [-0.39, 0.29) is 5.54 Å². The molecule has 0 spiro atoms. The van der Waals surface area contributed by atoms with Crippen LogP contribution in [0, 0.1) is 0 Å². The zero-order valence-corrected chi connectivity index (χ0v) is 10.2. The predicted molar refractivity (Wildman–Crippen MR) is 61.8 cm³/mol. The maximum absolute atomic E-state index is 5.72. The maximum Gasteiger partial charge on any atom is 0.0601 e. The molecule has 1 unspecified atom stereocenters. The van der Waals surface area contributed by atoms with Crippen LogP contribution in [0.15, 0.2) is 11.9 Å². The summed E-state index contributed by atoms with van der Waals surface area (Å²) in [5.74, 6) is 0. The molecule has 0 aromatic heterocycles. The largest absolute Gasteiger partial charge is 0.401 e. The van der Waals surface area contributed by atoms with Crippen molar-refractivity contribution >= 4 is 0 Å². The average molecular weight is 196 g/mol. The Morgan fingerprint density at radius 3 is 2.36 bits per heavy atom. The zero-order valence-electron chi connectivity index (χ0n) is 10.2. The van der Waals surface area contributed by atoms with Crippen LogP contribution < -0.4 is 5.73 Å². The van der Waals surface area contributed by atoms with Gasteiger partial charge in [0.1, 0.15) is 0 Å². The normalized spacial score (nSPS) is 30.6. The minimum atomic E-state index is 0.281. The Bertz CT molecular complexity index is 239. The van der Waals surface area contributed by atoms with E-state index in [2.05, 4.69) is 38.8 Å². The Kier molecular flexibility index (Phi) is 2.84. The monoisotopic (exact) mass is 196 g/mol. The van der Waals surface area contributed by atoms with E-state index in [1.165, 1.54) is 19.3 Å². The molecule has 1 aliphatic heterocycles. The van der Waals surface area contributed by atoms with Gasteiger partial charge in [-0.25, -0.2) is 0 Å². The summed E-state index contributed by atoms with van der Waals surface area (Å²) in [7, 11) is 0. The Labute approximate surface area is 88.2 Å². The van der Waals surface area contributed by atoms with E-state index >= 15 is 0 Å². The van der Waals surface area contributed by atoms with Crippen LogP contribution in [0.3, 0.4) is 0 Å². The van der Waals surface area contributed by atoms with Crippen molar-refractivity contribution in [2.75, 3.05) is 0 Å². The van der Waals surface area contributed by atoms with Gasteiger partial charge in [-0.1, -0.05) is 19.8 Å². The Morgan fingerprint density at radius 2 is 1.93 bits per heavy atom. The van der Waals surface area contributed by atoms with Gasteiger partial charge in [0.25, 0.3) is 0 Å². The van der Waals surface area contributed by atoms with Crippen LogP contribution in [0.1, 0.15) is 53.9 Å². The molecule has 0 radical (unpaired) electrons. The van der Waals surface area contributed by atoms with E-state index in [9.17, 15) is 0 Å². The molecule has 0 aromatic rings. The van der Waals surface area contributed by atoms with Gasteiger partial charge in [-0.15, -0.1) is 0 Å². The SMILES string of the molecule is CCCCC1(C)N(/C=C(/C)N)C1(C)C. The number of hydrogen-bond acceptors (Lipinski definition) is 2. The van der Waals surface area contributed by atoms with Crippen LogP contribution in [-0.4, -0.2) is 16.0 Å². The molecule has 0 aromatic carbocycles.